The van der Waals surface area contributed by atoms with Crippen molar-refractivity contribution in [1.82, 2.24) is 15.0 Å². The smallest absolute Gasteiger partial charge is 0.240 e. The van der Waals surface area contributed by atoms with Crippen molar-refractivity contribution in [3.05, 3.63) is 11.7 Å². The molecule has 0 amide bonds. The molecule has 0 bridgehead atoms. The number of aromatic nitrogens is 2. The molecular formula is C9H14FN3O. The Morgan fingerprint density at radius 3 is 3.14 bits per heavy atom. The van der Waals surface area contributed by atoms with E-state index in [0.29, 0.717) is 31.2 Å². The number of aryl methyl sites for hydroxylation is 1. The molecule has 2 rings (SSSR count). The van der Waals surface area contributed by atoms with E-state index in [1.165, 1.54) is 0 Å². The summed E-state index contributed by atoms with van der Waals surface area (Å²) >= 11 is 0. The molecule has 0 N–H and O–H groups in total. The number of alkyl halides is 1. The lowest BCUT2D eigenvalue weighted by Crippen LogP contribution is -2.35. The molecule has 1 unspecified atom stereocenters. The molecule has 0 saturated carbocycles. The maximum Gasteiger partial charge on any atom is 0.240 e. The zero-order valence-electron chi connectivity index (χ0n) is 8.24. The first kappa shape index (κ1) is 9.58. The lowest BCUT2D eigenvalue weighted by atomic mass is 10.1. The van der Waals surface area contributed by atoms with Gasteiger partial charge in [-0.05, 0) is 26.3 Å². The molecule has 1 aliphatic rings. The molecule has 78 valence electrons. The zero-order chi connectivity index (χ0) is 9.97. The molecule has 0 aromatic carbocycles. The Morgan fingerprint density at radius 2 is 2.50 bits per heavy atom. The fraction of sp³-hybridized carbons (Fsp3) is 0.778. The number of halogens is 1. The second-order valence-corrected chi connectivity index (χ2v) is 3.71. The fourth-order valence-corrected chi connectivity index (χ4v) is 1.74. The Labute approximate surface area is 82.1 Å². The van der Waals surface area contributed by atoms with E-state index >= 15 is 0 Å². The standard InChI is InChI=1S/C9H14FN3O/c1-7-11-9(14-12-7)6-13-4-2-3-8(10)5-13/h8H,2-6H2,1H3. The van der Waals surface area contributed by atoms with E-state index in [-0.39, 0.29) is 0 Å². The molecule has 1 aromatic heterocycles. The lowest BCUT2D eigenvalue weighted by Gasteiger charge is -2.27. The van der Waals surface area contributed by atoms with E-state index < -0.39 is 6.17 Å². The Morgan fingerprint density at radius 1 is 1.64 bits per heavy atom. The molecule has 5 heteroatoms. The quantitative estimate of drug-likeness (QED) is 0.720. The Hall–Kier alpha value is -0.970. The molecule has 0 spiro atoms. The number of hydrogen-bond donors (Lipinski definition) is 0. The van der Waals surface area contributed by atoms with Crippen molar-refractivity contribution in [1.29, 1.82) is 0 Å². The van der Waals surface area contributed by atoms with E-state index in [1.807, 2.05) is 4.90 Å². The third-order valence-electron chi connectivity index (χ3n) is 2.38. The SMILES string of the molecule is Cc1noc(CN2CCCC(F)C2)n1. The third kappa shape index (κ3) is 2.29. The summed E-state index contributed by atoms with van der Waals surface area (Å²) in [6.45, 7) is 3.76. The van der Waals surface area contributed by atoms with Crippen molar-refractivity contribution in [2.24, 2.45) is 0 Å². The average Bonchev–Trinajstić information content (AvgIpc) is 2.51. The predicted molar refractivity (Wildman–Crippen MR) is 48.4 cm³/mol. The van der Waals surface area contributed by atoms with Gasteiger partial charge in [0.05, 0.1) is 6.54 Å². The monoisotopic (exact) mass is 199 g/mol. The van der Waals surface area contributed by atoms with Gasteiger partial charge in [0, 0.05) is 6.54 Å². The molecule has 0 aliphatic carbocycles. The van der Waals surface area contributed by atoms with Gasteiger partial charge in [0.15, 0.2) is 5.82 Å². The predicted octanol–water partition coefficient (Wildman–Crippen LogP) is 1.31. The number of piperidine rings is 1. The van der Waals surface area contributed by atoms with Crippen LogP contribution in [-0.4, -0.2) is 34.3 Å². The molecule has 1 aromatic rings. The van der Waals surface area contributed by atoms with E-state index in [1.54, 1.807) is 6.92 Å². The minimum Gasteiger partial charge on any atom is -0.338 e. The Kier molecular flexibility index (Phi) is 2.77. The normalized spacial score (nSPS) is 24.0. The van der Waals surface area contributed by atoms with Crippen LogP contribution < -0.4 is 0 Å². The summed E-state index contributed by atoms with van der Waals surface area (Å²) in [5.74, 6) is 1.21. The minimum absolute atomic E-state index is 0.488. The van der Waals surface area contributed by atoms with Crippen molar-refractivity contribution in [3.63, 3.8) is 0 Å². The van der Waals surface area contributed by atoms with Crippen molar-refractivity contribution in [3.8, 4) is 0 Å². The van der Waals surface area contributed by atoms with E-state index in [2.05, 4.69) is 10.1 Å². The minimum atomic E-state index is -0.701. The van der Waals surface area contributed by atoms with Gasteiger partial charge in [0.25, 0.3) is 0 Å². The summed E-state index contributed by atoms with van der Waals surface area (Å²) in [7, 11) is 0. The molecule has 0 radical (unpaired) electrons. The summed E-state index contributed by atoms with van der Waals surface area (Å²) in [4.78, 5) is 6.10. The van der Waals surface area contributed by atoms with Crippen LogP contribution in [0.5, 0.6) is 0 Å². The van der Waals surface area contributed by atoms with Gasteiger partial charge in [-0.3, -0.25) is 4.90 Å². The Bertz CT molecular complexity index is 302. The maximum absolute atomic E-state index is 13.0. The second kappa shape index (κ2) is 4.04. The number of hydrogen-bond acceptors (Lipinski definition) is 4. The molecule has 14 heavy (non-hydrogen) atoms. The van der Waals surface area contributed by atoms with Crippen LogP contribution in [0.1, 0.15) is 24.6 Å². The first-order valence-electron chi connectivity index (χ1n) is 4.89. The van der Waals surface area contributed by atoms with E-state index in [0.717, 1.165) is 13.0 Å². The molecule has 1 saturated heterocycles. The lowest BCUT2D eigenvalue weighted by molar-refractivity contribution is 0.121. The first-order chi connectivity index (χ1) is 6.74. The van der Waals surface area contributed by atoms with E-state index in [4.69, 9.17) is 4.52 Å². The molecule has 4 nitrogen and oxygen atoms in total. The molecule has 1 atom stereocenters. The summed E-state index contributed by atoms with van der Waals surface area (Å²) in [5.41, 5.74) is 0. The highest BCUT2D eigenvalue weighted by molar-refractivity contribution is 4.84. The van der Waals surface area contributed by atoms with Crippen LogP contribution in [0.2, 0.25) is 0 Å². The number of likely N-dealkylation sites (tertiary alicyclic amines) is 1. The van der Waals surface area contributed by atoms with Crippen LogP contribution in [0, 0.1) is 6.92 Å². The summed E-state index contributed by atoms with van der Waals surface area (Å²) in [5, 5.41) is 3.69. The molecule has 1 aliphatic heterocycles. The summed E-state index contributed by atoms with van der Waals surface area (Å²) in [6.07, 6.45) is 0.890. The van der Waals surface area contributed by atoms with Crippen LogP contribution >= 0.6 is 0 Å². The van der Waals surface area contributed by atoms with Gasteiger partial charge < -0.3 is 4.52 Å². The summed E-state index contributed by atoms with van der Waals surface area (Å²) < 4.78 is 18.0. The van der Waals surface area contributed by atoms with Gasteiger partial charge in [-0.1, -0.05) is 5.16 Å². The van der Waals surface area contributed by atoms with Gasteiger partial charge in [-0.2, -0.15) is 4.98 Å². The number of nitrogens with zero attached hydrogens (tertiary/aromatic N) is 3. The van der Waals surface area contributed by atoms with Crippen molar-refractivity contribution in [2.45, 2.75) is 32.5 Å². The highest BCUT2D eigenvalue weighted by Crippen LogP contribution is 2.14. The maximum atomic E-state index is 13.0. The van der Waals surface area contributed by atoms with Gasteiger partial charge in [0.2, 0.25) is 5.89 Å². The largest absolute Gasteiger partial charge is 0.338 e. The highest BCUT2D eigenvalue weighted by atomic mass is 19.1. The van der Waals surface area contributed by atoms with Gasteiger partial charge in [-0.15, -0.1) is 0 Å². The second-order valence-electron chi connectivity index (χ2n) is 3.71. The third-order valence-corrected chi connectivity index (χ3v) is 2.38. The van der Waals surface area contributed by atoms with Gasteiger partial charge >= 0.3 is 0 Å². The topological polar surface area (TPSA) is 42.2 Å². The van der Waals surface area contributed by atoms with Gasteiger partial charge in [-0.25, -0.2) is 4.39 Å². The number of rotatable bonds is 2. The highest BCUT2D eigenvalue weighted by Gasteiger charge is 2.20. The average molecular weight is 199 g/mol. The van der Waals surface area contributed by atoms with Crippen LogP contribution in [0.15, 0.2) is 4.52 Å². The van der Waals surface area contributed by atoms with Crippen LogP contribution in [-0.2, 0) is 6.54 Å². The van der Waals surface area contributed by atoms with Crippen molar-refractivity contribution < 1.29 is 8.91 Å². The van der Waals surface area contributed by atoms with Crippen LogP contribution in [0.25, 0.3) is 0 Å². The zero-order valence-corrected chi connectivity index (χ0v) is 8.24. The molecule has 1 fully saturated rings. The fourth-order valence-electron chi connectivity index (χ4n) is 1.74. The van der Waals surface area contributed by atoms with Crippen LogP contribution in [0.4, 0.5) is 4.39 Å². The molecule has 2 heterocycles. The van der Waals surface area contributed by atoms with Crippen LogP contribution in [0.3, 0.4) is 0 Å². The summed E-state index contributed by atoms with van der Waals surface area (Å²) in [6, 6.07) is 0. The van der Waals surface area contributed by atoms with Crippen molar-refractivity contribution in [2.75, 3.05) is 13.1 Å². The van der Waals surface area contributed by atoms with Gasteiger partial charge in [0.1, 0.15) is 6.17 Å². The van der Waals surface area contributed by atoms with E-state index in [9.17, 15) is 4.39 Å². The first-order valence-corrected chi connectivity index (χ1v) is 4.89. The molecular weight excluding hydrogens is 185 g/mol. The Balaban J connectivity index is 1.90. The van der Waals surface area contributed by atoms with Crippen molar-refractivity contribution >= 4 is 0 Å².